The van der Waals surface area contributed by atoms with Gasteiger partial charge in [-0.2, -0.15) is 0 Å². The van der Waals surface area contributed by atoms with E-state index in [0.29, 0.717) is 11.3 Å². The third-order valence-corrected chi connectivity index (χ3v) is 4.16. The fourth-order valence-electron chi connectivity index (χ4n) is 2.24. The summed E-state index contributed by atoms with van der Waals surface area (Å²) in [6.45, 7) is 1.99. The van der Waals surface area contributed by atoms with Crippen LogP contribution in [0.25, 0.3) is 22.4 Å². The molecule has 0 fully saturated rings. The van der Waals surface area contributed by atoms with Crippen molar-refractivity contribution in [1.29, 1.82) is 0 Å². The summed E-state index contributed by atoms with van der Waals surface area (Å²) in [5, 5.41) is 3.98. The molecule has 0 spiro atoms. The number of rotatable bonds is 3. The SMILES string of the molecule is Cc1cccc(-c2conc2-c2ccc(S(=O)(=O)[O-])cc2)c1.[Na+]. The van der Waals surface area contributed by atoms with Gasteiger partial charge in [-0.1, -0.05) is 47.1 Å². The van der Waals surface area contributed by atoms with Gasteiger partial charge in [0.1, 0.15) is 22.1 Å². The number of benzene rings is 2. The Morgan fingerprint density at radius 3 is 2.35 bits per heavy atom. The minimum Gasteiger partial charge on any atom is -0.744 e. The van der Waals surface area contributed by atoms with Crippen LogP contribution >= 0.6 is 0 Å². The Morgan fingerprint density at radius 1 is 1.04 bits per heavy atom. The summed E-state index contributed by atoms with van der Waals surface area (Å²) >= 11 is 0. The third-order valence-electron chi connectivity index (χ3n) is 3.32. The van der Waals surface area contributed by atoms with Crippen LogP contribution in [0.2, 0.25) is 0 Å². The van der Waals surface area contributed by atoms with Crippen LogP contribution in [0.4, 0.5) is 0 Å². The van der Waals surface area contributed by atoms with Crippen molar-refractivity contribution in [2.45, 2.75) is 11.8 Å². The monoisotopic (exact) mass is 337 g/mol. The third kappa shape index (κ3) is 3.91. The summed E-state index contributed by atoms with van der Waals surface area (Å²) in [7, 11) is -4.45. The van der Waals surface area contributed by atoms with Crippen LogP contribution in [0.15, 0.2) is 64.2 Å². The summed E-state index contributed by atoms with van der Waals surface area (Å²) in [4.78, 5) is -0.267. The quantitative estimate of drug-likeness (QED) is 0.504. The second-order valence-electron chi connectivity index (χ2n) is 4.92. The molecule has 23 heavy (non-hydrogen) atoms. The number of aryl methyl sites for hydroxylation is 1. The zero-order chi connectivity index (χ0) is 15.7. The minimum atomic E-state index is -4.45. The van der Waals surface area contributed by atoms with Crippen molar-refractivity contribution in [2.75, 3.05) is 0 Å². The maximum absolute atomic E-state index is 11.0. The van der Waals surface area contributed by atoms with Gasteiger partial charge in [0.05, 0.1) is 4.90 Å². The van der Waals surface area contributed by atoms with Crippen LogP contribution in [0.3, 0.4) is 0 Å². The summed E-state index contributed by atoms with van der Waals surface area (Å²) < 4.78 is 38.0. The largest absolute Gasteiger partial charge is 1.00 e. The van der Waals surface area contributed by atoms with E-state index in [4.69, 9.17) is 4.52 Å². The van der Waals surface area contributed by atoms with E-state index in [1.54, 1.807) is 18.4 Å². The van der Waals surface area contributed by atoms with Crippen LogP contribution in [-0.2, 0) is 10.1 Å². The Balaban J connectivity index is 0.00000192. The minimum absolute atomic E-state index is 0. The van der Waals surface area contributed by atoms with Crippen LogP contribution in [0, 0.1) is 6.92 Å². The van der Waals surface area contributed by atoms with Gasteiger partial charge in [-0.05, 0) is 24.6 Å². The first-order valence-electron chi connectivity index (χ1n) is 6.53. The molecule has 3 aromatic rings. The van der Waals surface area contributed by atoms with Gasteiger partial charge in [-0.25, -0.2) is 8.42 Å². The van der Waals surface area contributed by atoms with Gasteiger partial charge in [0.15, 0.2) is 0 Å². The standard InChI is InChI=1S/C16H13NO4S.Na/c1-11-3-2-4-13(9-11)15-10-21-17-16(15)12-5-7-14(8-6-12)22(18,19)20;/h2-10H,1H3,(H,18,19,20);/q;+1/p-1. The van der Waals surface area contributed by atoms with E-state index in [0.717, 1.165) is 16.7 Å². The summed E-state index contributed by atoms with van der Waals surface area (Å²) in [5.74, 6) is 0. The molecular weight excluding hydrogens is 325 g/mol. The molecule has 7 heteroatoms. The topological polar surface area (TPSA) is 83.2 Å². The molecule has 0 bridgehead atoms. The Bertz CT molecular complexity index is 917. The van der Waals surface area contributed by atoms with Gasteiger partial charge in [-0.15, -0.1) is 0 Å². The molecule has 0 N–H and O–H groups in total. The van der Waals surface area contributed by atoms with E-state index in [1.807, 2.05) is 31.2 Å². The van der Waals surface area contributed by atoms with Crippen molar-refractivity contribution in [3.63, 3.8) is 0 Å². The van der Waals surface area contributed by atoms with Crippen LogP contribution in [0.1, 0.15) is 5.56 Å². The molecule has 0 atom stereocenters. The first kappa shape index (κ1) is 17.9. The Morgan fingerprint density at radius 2 is 1.74 bits per heavy atom. The van der Waals surface area contributed by atoms with Gasteiger partial charge in [0, 0.05) is 11.1 Å². The van der Waals surface area contributed by atoms with Crippen molar-refractivity contribution < 1.29 is 47.1 Å². The Labute approximate surface area is 156 Å². The molecule has 0 radical (unpaired) electrons. The van der Waals surface area contributed by atoms with Gasteiger partial charge in [0.25, 0.3) is 0 Å². The molecule has 0 saturated heterocycles. The van der Waals surface area contributed by atoms with Gasteiger partial charge in [-0.3, -0.25) is 0 Å². The molecule has 0 saturated carbocycles. The molecule has 0 unspecified atom stereocenters. The molecular formula is C16H12NNaO4S. The Kier molecular flexibility index (Phi) is 5.44. The van der Waals surface area contributed by atoms with Gasteiger partial charge in [0.2, 0.25) is 0 Å². The van der Waals surface area contributed by atoms with Gasteiger partial charge < -0.3 is 9.08 Å². The van der Waals surface area contributed by atoms with Crippen molar-refractivity contribution in [3.05, 3.63) is 60.4 Å². The average molecular weight is 337 g/mol. The molecule has 3 rings (SSSR count). The van der Waals surface area contributed by atoms with E-state index in [9.17, 15) is 13.0 Å². The van der Waals surface area contributed by atoms with Crippen molar-refractivity contribution >= 4 is 10.1 Å². The van der Waals surface area contributed by atoms with Crippen LogP contribution in [0.5, 0.6) is 0 Å². The first-order valence-corrected chi connectivity index (χ1v) is 7.94. The molecule has 0 aliphatic rings. The first-order chi connectivity index (χ1) is 10.4. The molecule has 0 aliphatic carbocycles. The maximum Gasteiger partial charge on any atom is 1.00 e. The predicted molar refractivity (Wildman–Crippen MR) is 80.1 cm³/mol. The van der Waals surface area contributed by atoms with E-state index >= 15 is 0 Å². The summed E-state index contributed by atoms with van der Waals surface area (Å²) in [5.41, 5.74) is 4.15. The van der Waals surface area contributed by atoms with Gasteiger partial charge >= 0.3 is 29.6 Å². The van der Waals surface area contributed by atoms with Crippen LogP contribution in [-0.4, -0.2) is 18.1 Å². The van der Waals surface area contributed by atoms with E-state index in [2.05, 4.69) is 5.16 Å². The summed E-state index contributed by atoms with van der Waals surface area (Å²) in [6.07, 6.45) is 1.54. The second kappa shape index (κ2) is 6.98. The predicted octanol–water partition coefficient (Wildman–Crippen LogP) is 0.225. The van der Waals surface area contributed by atoms with Crippen molar-refractivity contribution in [3.8, 4) is 22.4 Å². The summed E-state index contributed by atoms with van der Waals surface area (Å²) in [6, 6.07) is 13.5. The van der Waals surface area contributed by atoms with E-state index < -0.39 is 10.1 Å². The molecule has 0 amide bonds. The Hall–Kier alpha value is -1.44. The smallest absolute Gasteiger partial charge is 0.744 e. The molecule has 5 nitrogen and oxygen atoms in total. The fourth-order valence-corrected chi connectivity index (χ4v) is 2.71. The molecule has 2 aromatic carbocycles. The molecule has 0 aliphatic heterocycles. The fraction of sp³-hybridized carbons (Fsp3) is 0.0625. The number of hydrogen-bond acceptors (Lipinski definition) is 5. The normalized spacial score (nSPS) is 11.0. The molecule has 1 heterocycles. The van der Waals surface area contributed by atoms with Crippen LogP contribution < -0.4 is 29.6 Å². The maximum atomic E-state index is 11.0. The van der Waals surface area contributed by atoms with Crippen molar-refractivity contribution in [2.24, 2.45) is 0 Å². The molecule has 112 valence electrons. The number of aromatic nitrogens is 1. The molecule has 1 aromatic heterocycles. The zero-order valence-electron chi connectivity index (χ0n) is 12.7. The number of hydrogen-bond donors (Lipinski definition) is 0. The zero-order valence-corrected chi connectivity index (χ0v) is 15.5. The number of nitrogens with zero attached hydrogens (tertiary/aromatic N) is 1. The average Bonchev–Trinajstić information content (AvgIpc) is 2.96. The van der Waals surface area contributed by atoms with Crippen molar-refractivity contribution in [1.82, 2.24) is 5.16 Å². The second-order valence-corrected chi connectivity index (χ2v) is 6.30. The van der Waals surface area contributed by atoms with E-state index in [-0.39, 0.29) is 34.5 Å². The van der Waals surface area contributed by atoms with E-state index in [1.165, 1.54) is 12.1 Å².